The van der Waals surface area contributed by atoms with Crippen LogP contribution in [0.5, 0.6) is 0 Å². The zero-order valence-corrected chi connectivity index (χ0v) is 9.14. The zero-order valence-electron chi connectivity index (χ0n) is 9.14. The maximum absolute atomic E-state index is 12.0. The van der Waals surface area contributed by atoms with Gasteiger partial charge in [-0.1, -0.05) is 13.8 Å². The Morgan fingerprint density at radius 2 is 1.67 bits per heavy atom. The van der Waals surface area contributed by atoms with Gasteiger partial charge in [-0.2, -0.15) is 13.2 Å². The molecule has 1 atom stereocenters. The summed E-state index contributed by atoms with van der Waals surface area (Å²) in [7, 11) is 0. The van der Waals surface area contributed by atoms with Gasteiger partial charge in [0.25, 0.3) is 0 Å². The molecule has 0 aromatic heterocycles. The van der Waals surface area contributed by atoms with Crippen LogP contribution in [0.1, 0.15) is 27.7 Å². The van der Waals surface area contributed by atoms with E-state index in [4.69, 9.17) is 0 Å². The van der Waals surface area contributed by atoms with Crippen molar-refractivity contribution in [3.8, 4) is 0 Å². The van der Waals surface area contributed by atoms with Gasteiger partial charge in [0.2, 0.25) is 0 Å². The highest BCUT2D eigenvalue weighted by Crippen LogP contribution is 2.20. The summed E-state index contributed by atoms with van der Waals surface area (Å²) in [6.07, 6.45) is -4.92. The number of alkyl halides is 3. The summed E-state index contributed by atoms with van der Waals surface area (Å²) in [5, 5.41) is 11.4. The van der Waals surface area contributed by atoms with Crippen LogP contribution in [0.2, 0.25) is 0 Å². The van der Waals surface area contributed by atoms with E-state index in [-0.39, 0.29) is 5.92 Å². The second kappa shape index (κ2) is 4.38. The van der Waals surface area contributed by atoms with E-state index in [2.05, 4.69) is 0 Å². The molecule has 0 radical (unpaired) electrons. The Balaban J connectivity index is 4.66. The largest absolute Gasteiger partial charge is 0.471 e. The first-order valence-corrected chi connectivity index (χ1v) is 4.56. The van der Waals surface area contributed by atoms with Crippen molar-refractivity contribution in [3.63, 3.8) is 0 Å². The average Bonchev–Trinajstić information content (AvgIpc) is 1.94. The van der Waals surface area contributed by atoms with Crippen molar-refractivity contribution < 1.29 is 23.1 Å². The van der Waals surface area contributed by atoms with Crippen LogP contribution in [0.4, 0.5) is 13.2 Å². The first kappa shape index (κ1) is 14.2. The molecule has 0 bridgehead atoms. The molecule has 0 aliphatic rings. The molecule has 0 rings (SSSR count). The number of hydrogen-bond donors (Lipinski definition) is 2. The second-order valence-corrected chi connectivity index (χ2v) is 4.35. The molecule has 0 saturated heterocycles. The summed E-state index contributed by atoms with van der Waals surface area (Å²) in [6.45, 7) is 5.96. The normalized spacial score (nSPS) is 15.3. The summed E-state index contributed by atoms with van der Waals surface area (Å²) in [5.41, 5.74) is -1.39. The molecule has 0 spiro atoms. The third-order valence-electron chi connectivity index (χ3n) is 1.97. The minimum Gasteiger partial charge on any atom is -0.388 e. The number of carbonyl (C=O) groups is 1. The molecule has 0 fully saturated rings. The molecule has 3 nitrogen and oxygen atoms in total. The quantitative estimate of drug-likeness (QED) is 0.766. The highest BCUT2D eigenvalue weighted by atomic mass is 19.4. The monoisotopic (exact) mass is 227 g/mol. The van der Waals surface area contributed by atoms with E-state index in [9.17, 15) is 23.1 Å². The van der Waals surface area contributed by atoms with Crippen LogP contribution in [0.15, 0.2) is 0 Å². The van der Waals surface area contributed by atoms with E-state index in [1.807, 2.05) is 0 Å². The number of hydrogen-bond acceptors (Lipinski definition) is 2. The van der Waals surface area contributed by atoms with Gasteiger partial charge in [-0.3, -0.25) is 4.79 Å². The molecule has 0 aliphatic heterocycles. The van der Waals surface area contributed by atoms with E-state index in [0.29, 0.717) is 0 Å². The van der Waals surface area contributed by atoms with Crippen LogP contribution in [-0.2, 0) is 4.79 Å². The standard InChI is InChI=1S/C9H16F3NO2/c1-5(2)6(8(3,4)15)13-7(14)9(10,11)12/h5-6,15H,1-4H3,(H,13,14)/t6-/m0/s1. The molecule has 0 aromatic carbocycles. The molecule has 0 heterocycles. The smallest absolute Gasteiger partial charge is 0.388 e. The van der Waals surface area contributed by atoms with Crippen LogP contribution in [0.25, 0.3) is 0 Å². The lowest BCUT2D eigenvalue weighted by atomic mass is 9.89. The van der Waals surface area contributed by atoms with Crippen molar-refractivity contribution in [2.24, 2.45) is 5.92 Å². The van der Waals surface area contributed by atoms with Crippen molar-refractivity contribution in [2.45, 2.75) is 45.5 Å². The van der Waals surface area contributed by atoms with Crippen LogP contribution >= 0.6 is 0 Å². The average molecular weight is 227 g/mol. The molecular formula is C9H16F3NO2. The van der Waals surface area contributed by atoms with Gasteiger partial charge in [0.15, 0.2) is 0 Å². The number of amides is 1. The molecule has 1 amide bonds. The van der Waals surface area contributed by atoms with E-state index in [1.54, 1.807) is 19.2 Å². The number of aliphatic hydroxyl groups is 1. The third-order valence-corrected chi connectivity index (χ3v) is 1.97. The molecule has 90 valence electrons. The fraction of sp³-hybridized carbons (Fsp3) is 0.889. The maximum atomic E-state index is 12.0. The topological polar surface area (TPSA) is 49.3 Å². The Morgan fingerprint density at radius 1 is 1.27 bits per heavy atom. The second-order valence-electron chi connectivity index (χ2n) is 4.35. The molecule has 2 N–H and O–H groups in total. The Morgan fingerprint density at radius 3 is 1.87 bits per heavy atom. The van der Waals surface area contributed by atoms with Crippen LogP contribution in [0.3, 0.4) is 0 Å². The van der Waals surface area contributed by atoms with Crippen molar-refractivity contribution >= 4 is 5.91 Å². The molecule has 6 heteroatoms. The Hall–Kier alpha value is -0.780. The van der Waals surface area contributed by atoms with Crippen molar-refractivity contribution in [1.82, 2.24) is 5.32 Å². The lowest BCUT2D eigenvalue weighted by molar-refractivity contribution is -0.176. The molecule has 0 aromatic rings. The van der Waals surface area contributed by atoms with Crippen LogP contribution in [0, 0.1) is 5.92 Å². The van der Waals surface area contributed by atoms with Gasteiger partial charge in [-0.25, -0.2) is 0 Å². The lowest BCUT2D eigenvalue weighted by Crippen LogP contribution is -2.55. The molecule has 0 saturated carbocycles. The minimum absolute atomic E-state index is 0.295. The highest BCUT2D eigenvalue weighted by molar-refractivity contribution is 5.82. The third kappa shape index (κ3) is 4.51. The van der Waals surface area contributed by atoms with Crippen molar-refractivity contribution in [1.29, 1.82) is 0 Å². The summed E-state index contributed by atoms with van der Waals surface area (Å²) in [4.78, 5) is 10.7. The van der Waals surface area contributed by atoms with Gasteiger partial charge < -0.3 is 10.4 Å². The molecule has 0 unspecified atom stereocenters. The van der Waals surface area contributed by atoms with Crippen molar-refractivity contribution in [2.75, 3.05) is 0 Å². The summed E-state index contributed by atoms with van der Waals surface area (Å²) < 4.78 is 35.9. The Labute approximate surface area is 86.7 Å². The fourth-order valence-electron chi connectivity index (χ4n) is 1.38. The number of carbonyl (C=O) groups excluding carboxylic acids is 1. The predicted molar refractivity (Wildman–Crippen MR) is 49.1 cm³/mol. The van der Waals surface area contributed by atoms with E-state index >= 15 is 0 Å². The van der Waals surface area contributed by atoms with Gasteiger partial charge in [0, 0.05) is 0 Å². The van der Waals surface area contributed by atoms with Gasteiger partial charge in [-0.05, 0) is 19.8 Å². The molecular weight excluding hydrogens is 211 g/mol. The zero-order chi connectivity index (χ0) is 12.4. The number of rotatable bonds is 3. The van der Waals surface area contributed by atoms with E-state index in [0.717, 1.165) is 0 Å². The van der Waals surface area contributed by atoms with Crippen molar-refractivity contribution in [3.05, 3.63) is 0 Å². The molecule has 0 aliphatic carbocycles. The molecule has 15 heavy (non-hydrogen) atoms. The maximum Gasteiger partial charge on any atom is 0.471 e. The highest BCUT2D eigenvalue weighted by Gasteiger charge is 2.42. The van der Waals surface area contributed by atoms with E-state index < -0.39 is 23.7 Å². The predicted octanol–water partition coefficient (Wildman–Crippen LogP) is 1.46. The first-order chi connectivity index (χ1) is 6.46. The fourth-order valence-corrected chi connectivity index (χ4v) is 1.38. The summed E-state index contributed by atoms with van der Waals surface area (Å²) in [6, 6.07) is -0.938. The number of halogens is 3. The summed E-state index contributed by atoms with van der Waals surface area (Å²) >= 11 is 0. The van der Waals surface area contributed by atoms with Gasteiger partial charge in [-0.15, -0.1) is 0 Å². The minimum atomic E-state index is -4.92. The van der Waals surface area contributed by atoms with E-state index in [1.165, 1.54) is 13.8 Å². The Bertz CT molecular complexity index is 230. The summed E-state index contributed by atoms with van der Waals surface area (Å²) in [5.74, 6) is -2.32. The SMILES string of the molecule is CC(C)[C@H](NC(=O)C(F)(F)F)C(C)(C)O. The number of nitrogens with one attached hydrogen (secondary N) is 1. The first-order valence-electron chi connectivity index (χ1n) is 4.56. The lowest BCUT2D eigenvalue weighted by Gasteiger charge is -2.33. The van der Waals surface area contributed by atoms with Gasteiger partial charge in [0.1, 0.15) is 0 Å². The van der Waals surface area contributed by atoms with Gasteiger partial charge >= 0.3 is 12.1 Å². The van der Waals surface area contributed by atoms with Crippen LogP contribution in [-0.4, -0.2) is 28.8 Å². The van der Waals surface area contributed by atoms with Gasteiger partial charge in [0.05, 0.1) is 11.6 Å². The Kier molecular flexibility index (Phi) is 4.16. The van der Waals surface area contributed by atoms with Crippen LogP contribution < -0.4 is 5.32 Å².